The van der Waals surface area contributed by atoms with Crippen molar-refractivity contribution in [3.8, 4) is 17.1 Å². The lowest BCUT2D eigenvalue weighted by Gasteiger charge is -2.11. The number of thioether (sulfide) groups is 2. The summed E-state index contributed by atoms with van der Waals surface area (Å²) in [5, 5.41) is 49.9. The first-order chi connectivity index (χ1) is 25.9. The molecule has 0 bridgehead atoms. The number of aromatic hydroxyl groups is 1. The fourth-order valence-electron chi connectivity index (χ4n) is 4.13. The van der Waals surface area contributed by atoms with Gasteiger partial charge < -0.3 is 20.8 Å². The van der Waals surface area contributed by atoms with Gasteiger partial charge in [0.25, 0.3) is 5.91 Å². The molecular weight excluding hydrogens is 814 g/mol. The predicted octanol–water partition coefficient (Wildman–Crippen LogP) is 7.16. The molecule has 1 amide bonds. The van der Waals surface area contributed by atoms with Gasteiger partial charge in [-0.3, -0.25) is 19.0 Å². The Bertz CT molecular complexity index is 2400. The lowest BCUT2D eigenvalue weighted by atomic mass is 10.1. The molecule has 5 rings (SSSR count). The van der Waals surface area contributed by atoms with E-state index in [9.17, 15) is 23.1 Å². The fourth-order valence-corrected chi connectivity index (χ4v) is 6.04. The van der Waals surface area contributed by atoms with E-state index >= 15 is 0 Å². The van der Waals surface area contributed by atoms with Crippen molar-refractivity contribution in [1.29, 1.82) is 0 Å². The Morgan fingerprint density at radius 2 is 1.78 bits per heavy atom. The number of hydrogen-bond acceptors (Lipinski definition) is 19. The summed E-state index contributed by atoms with van der Waals surface area (Å²) in [5.41, 5.74) is 1.45. The number of benzene rings is 4. The number of aliphatic carboxylic acids is 1. The molecule has 0 aliphatic rings. The van der Waals surface area contributed by atoms with Crippen LogP contribution in [0.25, 0.3) is 10.8 Å². The Balaban J connectivity index is 1.29. The number of phenolic OH excluding ortho intramolecular Hbond substituents is 1. The average molecular weight is 834 g/mol. The van der Waals surface area contributed by atoms with Gasteiger partial charge in [-0.15, -0.1) is 9.45 Å². The molecule has 6 N–H and O–H groups in total. The van der Waals surface area contributed by atoms with E-state index in [2.05, 4.69) is 59.7 Å². The van der Waals surface area contributed by atoms with Crippen LogP contribution in [0.5, 0.6) is 5.75 Å². The van der Waals surface area contributed by atoms with E-state index in [0.717, 1.165) is 23.5 Å². The minimum absolute atomic E-state index is 0.0311. The van der Waals surface area contributed by atoms with Crippen molar-refractivity contribution in [2.24, 2.45) is 10.2 Å². The highest BCUT2D eigenvalue weighted by molar-refractivity contribution is 8.04. The number of rotatable bonds is 15. The van der Waals surface area contributed by atoms with Crippen LogP contribution in [0, 0.1) is 11.4 Å². The van der Waals surface area contributed by atoms with Gasteiger partial charge in [0.2, 0.25) is 11.2 Å². The summed E-state index contributed by atoms with van der Waals surface area (Å²) in [6, 6.07) is 19.0. The molecule has 24 heteroatoms. The number of nitrogens with zero attached hydrogens (tertiary/aromatic N) is 5. The summed E-state index contributed by atoms with van der Waals surface area (Å²) in [4.78, 5) is 40.7. The van der Waals surface area contributed by atoms with Gasteiger partial charge in [-0.25, -0.2) is 5.26 Å². The van der Waals surface area contributed by atoms with E-state index in [4.69, 9.17) is 26.5 Å². The minimum Gasteiger partial charge on any atom is -0.505 e. The monoisotopic (exact) mass is 833 g/mol. The highest BCUT2D eigenvalue weighted by atomic mass is 35.5. The van der Waals surface area contributed by atoms with Crippen LogP contribution in [-0.2, 0) is 33.8 Å². The molecule has 278 valence electrons. The number of nitrogens with one attached hydrogen (secondary N) is 2. The van der Waals surface area contributed by atoms with E-state index in [1.807, 2.05) is 6.11 Å². The third-order valence-electron chi connectivity index (χ3n) is 6.23. The third kappa shape index (κ3) is 11.9. The number of carboxylic acids is 1. The van der Waals surface area contributed by atoms with Gasteiger partial charge in [-0.1, -0.05) is 22.9 Å². The van der Waals surface area contributed by atoms with Crippen LogP contribution in [0.2, 0.25) is 5.28 Å². The van der Waals surface area contributed by atoms with E-state index in [1.54, 1.807) is 48.5 Å². The first kappa shape index (κ1) is 39.9. The van der Waals surface area contributed by atoms with E-state index in [0.29, 0.717) is 44.8 Å². The maximum Gasteiger partial charge on any atom is 0.433 e. The van der Waals surface area contributed by atoms with E-state index in [-0.39, 0.29) is 44.0 Å². The van der Waals surface area contributed by atoms with Crippen LogP contribution in [0.15, 0.2) is 98.0 Å². The Kier molecular flexibility index (Phi) is 13.8. The SMILES string of the molecule is O=C(O)CSc1nc(Cl)nc(Nc2ccc3c(O)c(N=Nc4ccc(C(=O)Nc5cccc(SC#COOS(=O)(=O)O)c5)cc4)c(SOOO)cc3c2)n1. The highest BCUT2D eigenvalue weighted by Crippen LogP contribution is 2.44. The highest BCUT2D eigenvalue weighted by Gasteiger charge is 2.17. The summed E-state index contributed by atoms with van der Waals surface area (Å²) in [6.07, 6.45) is 1.93. The van der Waals surface area contributed by atoms with Gasteiger partial charge in [-0.05, 0) is 99.8 Å². The lowest BCUT2D eigenvalue weighted by molar-refractivity contribution is -0.432. The second-order valence-electron chi connectivity index (χ2n) is 9.87. The zero-order valence-corrected chi connectivity index (χ0v) is 30.5. The number of halogens is 1. The number of carboxylic acid groups (broad SMARTS) is 1. The summed E-state index contributed by atoms with van der Waals surface area (Å²) in [7, 11) is -4.80. The van der Waals surface area contributed by atoms with Gasteiger partial charge >= 0.3 is 16.4 Å². The summed E-state index contributed by atoms with van der Waals surface area (Å²) in [6.45, 7) is 0. The second kappa shape index (κ2) is 18.7. The first-order valence-electron chi connectivity index (χ1n) is 14.3. The molecule has 1 heterocycles. The Morgan fingerprint density at radius 1 is 0.981 bits per heavy atom. The quantitative estimate of drug-likeness (QED) is 0.0116. The summed E-state index contributed by atoms with van der Waals surface area (Å²) >= 11 is 8.31. The minimum atomic E-state index is -4.80. The number of phenols is 1. The van der Waals surface area contributed by atoms with Crippen molar-refractivity contribution >= 4 is 109 Å². The van der Waals surface area contributed by atoms with Crippen molar-refractivity contribution in [3.05, 3.63) is 83.6 Å². The molecule has 0 radical (unpaired) electrons. The van der Waals surface area contributed by atoms with Gasteiger partial charge in [-0.2, -0.15) is 28.5 Å². The zero-order valence-electron chi connectivity index (χ0n) is 26.4. The molecular formula is C30H20ClN7O12S4. The maximum absolute atomic E-state index is 12.9. The van der Waals surface area contributed by atoms with Crippen LogP contribution in [0.4, 0.5) is 28.7 Å². The van der Waals surface area contributed by atoms with Crippen molar-refractivity contribution < 1.29 is 56.6 Å². The Morgan fingerprint density at radius 3 is 2.52 bits per heavy atom. The van der Waals surface area contributed by atoms with Crippen LogP contribution in [0.1, 0.15) is 10.4 Å². The Labute approximate surface area is 321 Å². The molecule has 0 aliphatic heterocycles. The first-order valence-corrected chi connectivity index (χ1v) is 18.6. The number of fused-ring (bicyclic) bond motifs is 1. The molecule has 0 atom stereocenters. The second-order valence-corrected chi connectivity index (χ2v) is 13.8. The molecule has 5 aromatic rings. The number of carbonyl (C=O) groups excluding carboxylic acids is 1. The summed E-state index contributed by atoms with van der Waals surface area (Å²) < 4.78 is 37.6. The fraction of sp³-hybridized carbons (Fsp3) is 0.0333. The molecule has 0 unspecified atom stereocenters. The van der Waals surface area contributed by atoms with Crippen LogP contribution in [-0.4, -0.2) is 61.0 Å². The third-order valence-corrected chi connectivity index (χ3v) is 8.77. The van der Waals surface area contributed by atoms with Crippen LogP contribution in [0.3, 0.4) is 0 Å². The number of carbonyl (C=O) groups is 2. The van der Waals surface area contributed by atoms with Gasteiger partial charge in [0.05, 0.1) is 28.4 Å². The standard InChI is InChI=1S/C30H20ClN7O12S4/c31-28-34-29(36-30(35-28)52-15-24(39)40)33-20-8-9-22-17(12-20)13-23(53-49-48-43)25(26(22)41)38-37-18-6-4-16(5-7-18)27(42)32-19-2-1-3-21(14-19)51-11-10-47-50-54(44,45)46/h1-9,12-14,41,43H,15H2,(H,32,42)(H,39,40)(H,44,45,46)(H,33,34,35,36). The van der Waals surface area contributed by atoms with Gasteiger partial charge in [0.1, 0.15) is 5.69 Å². The normalized spacial score (nSPS) is 11.2. The van der Waals surface area contributed by atoms with Crippen molar-refractivity contribution in [1.82, 2.24) is 15.0 Å². The molecule has 0 fully saturated rings. The predicted molar refractivity (Wildman–Crippen MR) is 195 cm³/mol. The molecule has 0 saturated heterocycles. The molecule has 54 heavy (non-hydrogen) atoms. The molecule has 0 saturated carbocycles. The number of azo groups is 1. The topological polar surface area (TPSA) is 274 Å². The number of amides is 1. The van der Waals surface area contributed by atoms with Gasteiger partial charge in [0, 0.05) is 32.5 Å². The molecule has 0 spiro atoms. The van der Waals surface area contributed by atoms with Crippen LogP contribution >= 0.6 is 47.2 Å². The Hall–Kier alpha value is -5.26. The van der Waals surface area contributed by atoms with Crippen molar-refractivity contribution in [2.75, 3.05) is 16.4 Å². The number of anilines is 3. The largest absolute Gasteiger partial charge is 0.505 e. The smallest absolute Gasteiger partial charge is 0.433 e. The van der Waals surface area contributed by atoms with Crippen LogP contribution < -0.4 is 10.6 Å². The van der Waals surface area contributed by atoms with Crippen molar-refractivity contribution in [2.45, 2.75) is 14.9 Å². The average Bonchev–Trinajstić information content (AvgIpc) is 3.12. The lowest BCUT2D eigenvalue weighted by Crippen LogP contribution is -2.11. The zero-order chi connectivity index (χ0) is 38.7. The molecule has 1 aromatic heterocycles. The molecule has 19 nitrogen and oxygen atoms in total. The van der Waals surface area contributed by atoms with E-state index < -0.39 is 22.3 Å². The molecule has 0 aliphatic carbocycles. The summed E-state index contributed by atoms with van der Waals surface area (Å²) in [5.74, 6) is -2.03. The maximum atomic E-state index is 12.9. The van der Waals surface area contributed by atoms with E-state index in [1.165, 1.54) is 24.3 Å². The number of aromatic nitrogens is 3. The molecule has 4 aromatic carbocycles. The van der Waals surface area contributed by atoms with Gasteiger partial charge in [0.15, 0.2) is 17.0 Å². The number of hydrogen-bond donors (Lipinski definition) is 6. The van der Waals surface area contributed by atoms with Crippen molar-refractivity contribution in [3.63, 3.8) is 0 Å².